The van der Waals surface area contributed by atoms with E-state index in [4.69, 9.17) is 0 Å². The Morgan fingerprint density at radius 1 is 1.03 bits per heavy atom. The molecule has 0 radical (unpaired) electrons. The van der Waals surface area contributed by atoms with Crippen molar-refractivity contribution in [2.75, 3.05) is 13.1 Å². The van der Waals surface area contributed by atoms with Gasteiger partial charge in [-0.1, -0.05) is 6.92 Å². The standard InChI is InChI=1S/C18H17F6N3OS/c1-2-14-25-26-15(29-14)10-3-5-27(6-4-10)16(28)11-7-12(17(19,20)21)9-13(8-11)18(22,23)24/h7-10H,2-6H2,1H3. The van der Waals surface area contributed by atoms with Crippen LogP contribution >= 0.6 is 11.3 Å². The topological polar surface area (TPSA) is 46.1 Å². The molecule has 29 heavy (non-hydrogen) atoms. The number of carbonyl (C=O) groups excluding carboxylic acids is 1. The zero-order valence-electron chi connectivity index (χ0n) is 15.3. The summed E-state index contributed by atoms with van der Waals surface area (Å²) in [4.78, 5) is 13.9. The smallest absolute Gasteiger partial charge is 0.339 e. The third kappa shape index (κ3) is 4.88. The lowest BCUT2D eigenvalue weighted by molar-refractivity contribution is -0.143. The van der Waals surface area contributed by atoms with Crippen LogP contribution in [0.1, 0.15) is 57.2 Å². The lowest BCUT2D eigenvalue weighted by Crippen LogP contribution is -2.38. The Morgan fingerprint density at radius 2 is 1.59 bits per heavy atom. The molecule has 1 aliphatic heterocycles. The van der Waals surface area contributed by atoms with Crippen LogP contribution in [0.3, 0.4) is 0 Å². The summed E-state index contributed by atoms with van der Waals surface area (Å²) in [5.74, 6) is -0.768. The maximum atomic E-state index is 13.0. The number of halogens is 6. The van der Waals surface area contributed by atoms with E-state index in [-0.39, 0.29) is 25.1 Å². The van der Waals surface area contributed by atoms with Crippen LogP contribution < -0.4 is 0 Å². The third-order valence-electron chi connectivity index (χ3n) is 4.75. The molecule has 0 N–H and O–H groups in total. The number of rotatable bonds is 3. The number of nitrogens with zero attached hydrogens (tertiary/aromatic N) is 3. The molecule has 0 aliphatic carbocycles. The number of aryl methyl sites for hydroxylation is 1. The Kier molecular flexibility index (Phi) is 5.88. The van der Waals surface area contributed by atoms with E-state index in [9.17, 15) is 31.1 Å². The molecule has 1 aliphatic rings. The summed E-state index contributed by atoms with van der Waals surface area (Å²) in [7, 11) is 0. The van der Waals surface area contributed by atoms with Gasteiger partial charge in [-0.05, 0) is 37.5 Å². The molecule has 0 saturated carbocycles. The minimum absolute atomic E-state index is 0.0176. The summed E-state index contributed by atoms with van der Waals surface area (Å²) >= 11 is 1.48. The molecule has 0 unspecified atom stereocenters. The average molecular weight is 437 g/mol. The Morgan fingerprint density at radius 3 is 2.03 bits per heavy atom. The number of amides is 1. The highest BCUT2D eigenvalue weighted by molar-refractivity contribution is 7.11. The second-order valence-electron chi connectivity index (χ2n) is 6.75. The summed E-state index contributed by atoms with van der Waals surface area (Å²) in [6.45, 7) is 2.40. The molecule has 2 aromatic rings. The van der Waals surface area contributed by atoms with Crippen LogP contribution in [-0.2, 0) is 18.8 Å². The molecule has 1 aromatic carbocycles. The minimum atomic E-state index is -4.99. The van der Waals surface area contributed by atoms with Gasteiger partial charge in [-0.2, -0.15) is 26.3 Å². The molecule has 2 heterocycles. The molecule has 1 aromatic heterocycles. The molecule has 1 saturated heterocycles. The van der Waals surface area contributed by atoms with Gasteiger partial charge >= 0.3 is 12.4 Å². The van der Waals surface area contributed by atoms with Crippen molar-refractivity contribution in [1.29, 1.82) is 0 Å². The lowest BCUT2D eigenvalue weighted by atomic mass is 9.96. The van der Waals surface area contributed by atoms with E-state index in [0.717, 1.165) is 16.4 Å². The first-order chi connectivity index (χ1) is 13.5. The number of aromatic nitrogens is 2. The van der Waals surface area contributed by atoms with Crippen LogP contribution in [0.5, 0.6) is 0 Å². The highest BCUT2D eigenvalue weighted by Crippen LogP contribution is 2.37. The average Bonchev–Trinajstić information content (AvgIpc) is 3.15. The van der Waals surface area contributed by atoms with Crippen molar-refractivity contribution in [3.8, 4) is 0 Å². The quantitative estimate of drug-likeness (QED) is 0.624. The van der Waals surface area contributed by atoms with Crippen molar-refractivity contribution >= 4 is 17.2 Å². The second kappa shape index (κ2) is 7.92. The molecular formula is C18H17F6N3OS. The number of likely N-dealkylation sites (tertiary alicyclic amines) is 1. The molecule has 1 fully saturated rings. The van der Waals surface area contributed by atoms with Crippen molar-refractivity contribution < 1.29 is 31.1 Å². The first kappa shape index (κ1) is 21.5. The second-order valence-corrected chi connectivity index (χ2v) is 7.84. The fraction of sp³-hybridized carbons (Fsp3) is 0.500. The highest BCUT2D eigenvalue weighted by atomic mass is 32.1. The first-order valence-corrected chi connectivity index (χ1v) is 9.71. The van der Waals surface area contributed by atoms with E-state index < -0.39 is 35.0 Å². The Hall–Kier alpha value is -2.17. The van der Waals surface area contributed by atoms with Gasteiger partial charge < -0.3 is 4.90 Å². The molecule has 0 atom stereocenters. The SMILES string of the molecule is CCc1nnc(C2CCN(C(=O)c3cc(C(F)(F)F)cc(C(F)(F)F)c3)CC2)s1. The maximum absolute atomic E-state index is 13.0. The molecule has 0 bridgehead atoms. The van der Waals surface area contributed by atoms with Gasteiger partial charge in [0.1, 0.15) is 10.0 Å². The summed E-state index contributed by atoms with van der Waals surface area (Å²) in [6, 6.07) is 0.966. The van der Waals surface area contributed by atoms with Crippen LogP contribution in [0, 0.1) is 0 Å². The van der Waals surface area contributed by atoms with E-state index in [0.29, 0.717) is 25.0 Å². The molecule has 158 valence electrons. The molecule has 1 amide bonds. The Balaban J connectivity index is 1.78. The molecule has 4 nitrogen and oxygen atoms in total. The van der Waals surface area contributed by atoms with Gasteiger partial charge in [0.2, 0.25) is 0 Å². The molecule has 0 spiro atoms. The van der Waals surface area contributed by atoms with Gasteiger partial charge in [-0.3, -0.25) is 4.79 Å². The van der Waals surface area contributed by atoms with Crippen molar-refractivity contribution in [3.63, 3.8) is 0 Å². The first-order valence-electron chi connectivity index (χ1n) is 8.90. The van der Waals surface area contributed by atoms with E-state index in [2.05, 4.69) is 10.2 Å². The molecule has 3 rings (SSSR count). The summed E-state index contributed by atoms with van der Waals surface area (Å²) < 4.78 is 78.0. The lowest BCUT2D eigenvalue weighted by Gasteiger charge is -2.31. The Labute approximate surface area is 166 Å². The van der Waals surface area contributed by atoms with E-state index in [1.807, 2.05) is 6.92 Å². The minimum Gasteiger partial charge on any atom is -0.339 e. The maximum Gasteiger partial charge on any atom is 0.416 e. The fourth-order valence-corrected chi connectivity index (χ4v) is 4.12. The number of benzene rings is 1. The van der Waals surface area contributed by atoms with E-state index in [1.54, 1.807) is 0 Å². The summed E-state index contributed by atoms with van der Waals surface area (Å²) in [5.41, 5.74) is -3.60. The molecular weight excluding hydrogens is 420 g/mol. The monoisotopic (exact) mass is 437 g/mol. The number of hydrogen-bond acceptors (Lipinski definition) is 4. The van der Waals surface area contributed by atoms with E-state index >= 15 is 0 Å². The van der Waals surface area contributed by atoms with Gasteiger partial charge in [0.05, 0.1) is 11.1 Å². The predicted octanol–water partition coefficient (Wildman–Crippen LogP) is 5.16. The van der Waals surface area contributed by atoms with Gasteiger partial charge in [-0.15, -0.1) is 21.5 Å². The van der Waals surface area contributed by atoms with Gasteiger partial charge in [0, 0.05) is 24.6 Å². The number of hydrogen-bond donors (Lipinski definition) is 0. The fourth-order valence-electron chi connectivity index (χ4n) is 3.16. The van der Waals surface area contributed by atoms with Crippen LogP contribution in [0.25, 0.3) is 0 Å². The van der Waals surface area contributed by atoms with Crippen LogP contribution in [0.2, 0.25) is 0 Å². The summed E-state index contributed by atoms with van der Waals surface area (Å²) in [5, 5.41) is 9.91. The number of alkyl halides is 6. The van der Waals surface area contributed by atoms with Gasteiger partial charge in [-0.25, -0.2) is 0 Å². The van der Waals surface area contributed by atoms with Crippen LogP contribution in [0.15, 0.2) is 18.2 Å². The third-order valence-corrected chi connectivity index (χ3v) is 5.98. The largest absolute Gasteiger partial charge is 0.416 e. The van der Waals surface area contributed by atoms with E-state index in [1.165, 1.54) is 16.2 Å². The molecule has 11 heteroatoms. The normalized spacial score (nSPS) is 16.3. The van der Waals surface area contributed by atoms with Crippen molar-refractivity contribution in [2.45, 2.75) is 44.5 Å². The van der Waals surface area contributed by atoms with Crippen LogP contribution in [0.4, 0.5) is 26.3 Å². The predicted molar refractivity (Wildman–Crippen MR) is 93.6 cm³/mol. The number of carbonyl (C=O) groups is 1. The van der Waals surface area contributed by atoms with Crippen molar-refractivity contribution in [1.82, 2.24) is 15.1 Å². The van der Waals surface area contributed by atoms with Crippen molar-refractivity contribution in [2.24, 2.45) is 0 Å². The van der Waals surface area contributed by atoms with Gasteiger partial charge in [0.15, 0.2) is 0 Å². The van der Waals surface area contributed by atoms with Gasteiger partial charge in [0.25, 0.3) is 5.91 Å². The van der Waals surface area contributed by atoms with Crippen molar-refractivity contribution in [3.05, 3.63) is 44.9 Å². The zero-order valence-corrected chi connectivity index (χ0v) is 16.1. The highest BCUT2D eigenvalue weighted by Gasteiger charge is 2.38. The summed E-state index contributed by atoms with van der Waals surface area (Å²) in [6.07, 6.45) is -8.17. The van der Waals surface area contributed by atoms with Crippen LogP contribution in [-0.4, -0.2) is 34.1 Å². The Bertz CT molecular complexity index is 852. The number of piperidine rings is 1. The zero-order chi connectivity index (χ0) is 21.4.